The van der Waals surface area contributed by atoms with Crippen molar-refractivity contribution in [2.45, 2.75) is 25.3 Å². The minimum atomic E-state index is -3.58. The molecule has 0 aliphatic carbocycles. The van der Waals surface area contributed by atoms with Crippen LogP contribution in [0.15, 0.2) is 41.4 Å². The Hall–Kier alpha value is -2.69. The average Bonchev–Trinajstić information content (AvgIpc) is 2.85. The summed E-state index contributed by atoms with van der Waals surface area (Å²) in [5.41, 5.74) is 2.63. The van der Waals surface area contributed by atoms with Crippen LogP contribution in [0.25, 0.3) is 0 Å². The van der Waals surface area contributed by atoms with Crippen LogP contribution in [0.2, 0.25) is 0 Å². The van der Waals surface area contributed by atoms with Crippen LogP contribution in [0.1, 0.15) is 16.7 Å². The molecule has 1 aromatic heterocycles. The highest BCUT2D eigenvalue weighted by Gasteiger charge is 2.31. The van der Waals surface area contributed by atoms with E-state index in [9.17, 15) is 13.2 Å². The molecule has 1 aromatic carbocycles. The first-order valence-electron chi connectivity index (χ1n) is 11.7. The maximum Gasteiger partial charge on any atom is 0.317 e. The van der Waals surface area contributed by atoms with Gasteiger partial charge in [0.25, 0.3) is 0 Å². The Morgan fingerprint density at radius 1 is 1.00 bits per heavy atom. The molecule has 184 valence electrons. The number of benzene rings is 1. The van der Waals surface area contributed by atoms with Gasteiger partial charge in [0.2, 0.25) is 10.0 Å². The van der Waals surface area contributed by atoms with Gasteiger partial charge in [0.1, 0.15) is 5.82 Å². The number of sulfonamides is 1. The predicted octanol–water partition coefficient (Wildman–Crippen LogP) is 1.67. The topological polar surface area (TPSA) is 89.1 Å². The number of nitrogens with zero attached hydrogens (tertiary/aromatic N) is 5. The van der Waals surface area contributed by atoms with Gasteiger partial charge in [-0.2, -0.15) is 4.31 Å². The molecule has 0 bridgehead atoms. The van der Waals surface area contributed by atoms with E-state index >= 15 is 0 Å². The second kappa shape index (κ2) is 10.3. The number of pyridine rings is 1. The summed E-state index contributed by atoms with van der Waals surface area (Å²) in [6.07, 6.45) is 1.79. The fourth-order valence-electron chi connectivity index (χ4n) is 4.41. The molecule has 0 unspecified atom stereocenters. The number of anilines is 1. The van der Waals surface area contributed by atoms with Gasteiger partial charge in [0, 0.05) is 70.7 Å². The quantitative estimate of drug-likeness (QED) is 0.692. The zero-order valence-corrected chi connectivity index (χ0v) is 21.0. The number of amides is 2. The van der Waals surface area contributed by atoms with Gasteiger partial charge in [0.15, 0.2) is 0 Å². The normalized spacial score (nSPS) is 18.2. The first-order chi connectivity index (χ1) is 16.3. The van der Waals surface area contributed by atoms with Gasteiger partial charge in [-0.05, 0) is 44.2 Å². The summed E-state index contributed by atoms with van der Waals surface area (Å²) >= 11 is 0. The van der Waals surface area contributed by atoms with Crippen LogP contribution in [-0.2, 0) is 16.6 Å². The third-order valence-electron chi connectivity index (χ3n) is 6.59. The molecule has 0 saturated carbocycles. The highest BCUT2D eigenvalue weighted by Crippen LogP contribution is 2.23. The summed E-state index contributed by atoms with van der Waals surface area (Å²) in [5.74, 6) is 0.917. The van der Waals surface area contributed by atoms with Crippen molar-refractivity contribution in [2.24, 2.45) is 0 Å². The van der Waals surface area contributed by atoms with Crippen LogP contribution in [0.4, 0.5) is 10.6 Å². The number of rotatable bonds is 5. The van der Waals surface area contributed by atoms with Crippen LogP contribution in [0.3, 0.4) is 0 Å². The lowest BCUT2D eigenvalue weighted by Gasteiger charge is -2.35. The predicted molar refractivity (Wildman–Crippen MR) is 132 cm³/mol. The highest BCUT2D eigenvalue weighted by atomic mass is 32.2. The van der Waals surface area contributed by atoms with E-state index < -0.39 is 10.0 Å². The minimum Gasteiger partial charge on any atom is -0.354 e. The van der Waals surface area contributed by atoms with E-state index in [-0.39, 0.29) is 19.1 Å². The second-order valence-electron chi connectivity index (χ2n) is 9.10. The summed E-state index contributed by atoms with van der Waals surface area (Å²) in [6.45, 7) is 9.14. The number of urea groups is 1. The largest absolute Gasteiger partial charge is 0.354 e. The minimum absolute atomic E-state index is 0.183. The number of carbonyl (C=O) groups excluding carboxylic acids is 1. The van der Waals surface area contributed by atoms with Gasteiger partial charge in [-0.25, -0.2) is 18.2 Å². The molecule has 4 rings (SSSR count). The van der Waals surface area contributed by atoms with Gasteiger partial charge >= 0.3 is 6.03 Å². The van der Waals surface area contributed by atoms with E-state index in [4.69, 9.17) is 0 Å². The monoisotopic (exact) mass is 486 g/mol. The van der Waals surface area contributed by atoms with Crippen molar-refractivity contribution in [2.75, 3.05) is 64.3 Å². The summed E-state index contributed by atoms with van der Waals surface area (Å²) in [6, 6.07) is 9.16. The summed E-state index contributed by atoms with van der Waals surface area (Å²) in [5, 5.41) is 3.00. The van der Waals surface area contributed by atoms with Gasteiger partial charge in [-0.1, -0.05) is 18.2 Å². The molecule has 0 atom stereocenters. The third kappa shape index (κ3) is 5.34. The lowest BCUT2D eigenvalue weighted by molar-refractivity contribution is 0.172. The van der Waals surface area contributed by atoms with Gasteiger partial charge in [-0.3, -0.25) is 0 Å². The van der Waals surface area contributed by atoms with Crippen LogP contribution < -0.4 is 10.2 Å². The Labute approximate surface area is 202 Å². The average molecular weight is 487 g/mol. The van der Waals surface area contributed by atoms with Crippen LogP contribution in [0, 0.1) is 13.8 Å². The Morgan fingerprint density at radius 2 is 1.71 bits per heavy atom. The fourth-order valence-corrected chi connectivity index (χ4v) is 6.14. The third-order valence-corrected chi connectivity index (χ3v) is 8.63. The zero-order valence-electron chi connectivity index (χ0n) is 20.2. The maximum absolute atomic E-state index is 13.1. The smallest absolute Gasteiger partial charge is 0.317 e. The van der Waals surface area contributed by atoms with Crippen molar-refractivity contribution in [3.8, 4) is 0 Å². The Kier molecular flexibility index (Phi) is 7.39. The molecule has 3 heterocycles. The number of carbonyl (C=O) groups is 1. The van der Waals surface area contributed by atoms with Crippen molar-refractivity contribution in [3.05, 3.63) is 53.2 Å². The fraction of sp³-hybridized carbons (Fsp3) is 0.500. The van der Waals surface area contributed by atoms with Crippen LogP contribution in [0.5, 0.6) is 0 Å². The summed E-state index contributed by atoms with van der Waals surface area (Å²) in [7, 11) is -1.47. The summed E-state index contributed by atoms with van der Waals surface area (Å²) in [4.78, 5) is 24.0. The Bertz CT molecular complexity index is 1120. The molecule has 2 saturated heterocycles. The van der Waals surface area contributed by atoms with E-state index in [1.807, 2.05) is 38.1 Å². The van der Waals surface area contributed by atoms with E-state index in [1.165, 1.54) is 4.31 Å². The number of nitrogens with one attached hydrogen (secondary N) is 1. The lowest BCUT2D eigenvalue weighted by atomic mass is 10.2. The molecule has 0 spiro atoms. The number of aromatic nitrogens is 1. The van der Waals surface area contributed by atoms with Crippen molar-refractivity contribution >= 4 is 21.9 Å². The maximum atomic E-state index is 13.1. The molecule has 9 nitrogen and oxygen atoms in total. The molecule has 2 amide bonds. The molecular formula is C24H34N6O3S. The number of piperazine rings is 2. The van der Waals surface area contributed by atoms with Crippen molar-refractivity contribution in [1.82, 2.24) is 24.4 Å². The molecule has 2 aliphatic rings. The Balaban J connectivity index is 1.34. The first kappa shape index (κ1) is 24.4. The molecular weight excluding hydrogens is 452 g/mol. The van der Waals surface area contributed by atoms with Gasteiger partial charge < -0.3 is 20.0 Å². The zero-order chi connectivity index (χ0) is 24.3. The molecule has 2 aromatic rings. The van der Waals surface area contributed by atoms with Crippen molar-refractivity contribution in [3.63, 3.8) is 0 Å². The molecule has 0 radical (unpaired) electrons. The lowest BCUT2D eigenvalue weighted by Crippen LogP contribution is -2.53. The Morgan fingerprint density at radius 3 is 2.41 bits per heavy atom. The second-order valence-corrected chi connectivity index (χ2v) is 11.0. The SMILES string of the molecule is Cc1ccc(C)c(S(=O)(=O)N2CCN(C(=O)NCc3cccnc3N3CCN(C)CC3)CC2)c1. The first-order valence-corrected chi connectivity index (χ1v) is 13.2. The summed E-state index contributed by atoms with van der Waals surface area (Å²) < 4.78 is 27.8. The van der Waals surface area contributed by atoms with Crippen molar-refractivity contribution < 1.29 is 13.2 Å². The number of likely N-dealkylation sites (N-methyl/N-ethyl adjacent to an activating group) is 1. The molecule has 34 heavy (non-hydrogen) atoms. The van der Waals surface area contributed by atoms with E-state index in [2.05, 4.69) is 27.1 Å². The highest BCUT2D eigenvalue weighted by molar-refractivity contribution is 7.89. The standard InChI is InChI=1S/C24H34N6O3S/c1-19-6-7-20(2)22(17-19)34(32,33)30-15-13-29(14-16-30)24(31)26-18-21-5-4-8-25-23(21)28-11-9-27(3)10-12-28/h4-8,17H,9-16,18H2,1-3H3,(H,26,31). The van der Waals surface area contributed by atoms with Crippen LogP contribution >= 0.6 is 0 Å². The van der Waals surface area contributed by atoms with E-state index in [1.54, 1.807) is 17.2 Å². The van der Waals surface area contributed by atoms with Crippen LogP contribution in [-0.4, -0.2) is 92.9 Å². The van der Waals surface area contributed by atoms with E-state index in [0.717, 1.165) is 48.7 Å². The molecule has 2 fully saturated rings. The van der Waals surface area contributed by atoms with E-state index in [0.29, 0.717) is 24.5 Å². The number of hydrogen-bond acceptors (Lipinski definition) is 6. The molecule has 1 N–H and O–H groups in total. The molecule has 10 heteroatoms. The van der Waals surface area contributed by atoms with Crippen molar-refractivity contribution in [1.29, 1.82) is 0 Å². The molecule has 2 aliphatic heterocycles. The van der Waals surface area contributed by atoms with Gasteiger partial charge in [-0.15, -0.1) is 0 Å². The number of hydrogen-bond donors (Lipinski definition) is 1. The van der Waals surface area contributed by atoms with Gasteiger partial charge in [0.05, 0.1) is 4.90 Å². The number of aryl methyl sites for hydroxylation is 2.